The van der Waals surface area contributed by atoms with Crippen LogP contribution in [0.5, 0.6) is 0 Å². The summed E-state index contributed by atoms with van der Waals surface area (Å²) in [4.78, 5) is 13.4. The molecule has 0 spiro atoms. The summed E-state index contributed by atoms with van der Waals surface area (Å²) in [6.07, 6.45) is 4.86. The van der Waals surface area contributed by atoms with Gasteiger partial charge < -0.3 is 10.2 Å². The van der Waals surface area contributed by atoms with Crippen LogP contribution in [0.25, 0.3) is 0 Å². The lowest BCUT2D eigenvalue weighted by Crippen LogP contribution is -2.31. The van der Waals surface area contributed by atoms with Crippen LogP contribution in [-0.2, 0) is 4.79 Å². The molecule has 0 aromatic carbocycles. The third kappa shape index (κ3) is 7.69. The van der Waals surface area contributed by atoms with Gasteiger partial charge in [-0.3, -0.25) is 4.79 Å². The molecule has 0 aromatic heterocycles. The van der Waals surface area contributed by atoms with E-state index in [9.17, 15) is 4.79 Å². The van der Waals surface area contributed by atoms with Crippen LogP contribution in [0, 0.1) is 5.92 Å². The van der Waals surface area contributed by atoms with E-state index in [4.69, 9.17) is 0 Å². The number of amides is 1. The highest BCUT2D eigenvalue weighted by Gasteiger charge is 2.11. The third-order valence-corrected chi connectivity index (χ3v) is 2.72. The Morgan fingerprint density at radius 2 is 1.81 bits per heavy atom. The minimum atomic E-state index is 0.124. The molecule has 1 amide bonds. The molecular formula is C13H28N2O. The largest absolute Gasteiger partial charge is 0.346 e. The Hall–Kier alpha value is -0.570. The van der Waals surface area contributed by atoms with Crippen molar-refractivity contribution in [3.05, 3.63) is 0 Å². The minimum Gasteiger partial charge on any atom is -0.346 e. The van der Waals surface area contributed by atoms with Crippen molar-refractivity contribution in [3.63, 3.8) is 0 Å². The van der Waals surface area contributed by atoms with Gasteiger partial charge in [0.25, 0.3) is 0 Å². The normalized spacial score (nSPS) is 10.8. The number of carbonyl (C=O) groups excluding carboxylic acids is 1. The topological polar surface area (TPSA) is 32.3 Å². The van der Waals surface area contributed by atoms with Crippen molar-refractivity contribution in [1.82, 2.24) is 10.2 Å². The predicted molar refractivity (Wildman–Crippen MR) is 69.5 cm³/mol. The Bertz CT molecular complexity index is 181. The molecular weight excluding hydrogens is 200 g/mol. The van der Waals surface area contributed by atoms with Crippen LogP contribution in [-0.4, -0.2) is 37.5 Å². The quantitative estimate of drug-likeness (QED) is 0.614. The van der Waals surface area contributed by atoms with E-state index in [1.54, 1.807) is 0 Å². The van der Waals surface area contributed by atoms with E-state index in [1.807, 2.05) is 25.8 Å². The van der Waals surface area contributed by atoms with Crippen LogP contribution in [0.2, 0.25) is 0 Å². The molecule has 0 aromatic rings. The summed E-state index contributed by atoms with van der Waals surface area (Å²) in [5, 5.41) is 3.32. The van der Waals surface area contributed by atoms with Gasteiger partial charge in [0.2, 0.25) is 5.91 Å². The van der Waals surface area contributed by atoms with Crippen LogP contribution in [0.1, 0.15) is 46.5 Å². The van der Waals surface area contributed by atoms with Gasteiger partial charge in [-0.05, 0) is 25.9 Å². The van der Waals surface area contributed by atoms with Gasteiger partial charge in [0.15, 0.2) is 0 Å². The zero-order valence-electron chi connectivity index (χ0n) is 11.4. The van der Waals surface area contributed by atoms with E-state index in [2.05, 4.69) is 12.2 Å². The van der Waals surface area contributed by atoms with Crippen molar-refractivity contribution < 1.29 is 4.79 Å². The maximum absolute atomic E-state index is 11.6. The molecule has 3 nitrogen and oxygen atoms in total. The molecule has 0 unspecified atom stereocenters. The Morgan fingerprint density at radius 1 is 1.19 bits per heavy atom. The van der Waals surface area contributed by atoms with E-state index < -0.39 is 0 Å². The molecule has 0 heterocycles. The van der Waals surface area contributed by atoms with Crippen molar-refractivity contribution in [1.29, 1.82) is 0 Å². The standard InChI is InChI=1S/C13H28N2O/c1-5-14-10-8-6-7-9-11-15(4)13(16)12(2)3/h12,14H,5-11H2,1-4H3. The SMILES string of the molecule is CCNCCCCCCN(C)C(=O)C(C)C. The lowest BCUT2D eigenvalue weighted by atomic mass is 10.1. The first-order valence-electron chi connectivity index (χ1n) is 6.55. The maximum atomic E-state index is 11.6. The summed E-state index contributed by atoms with van der Waals surface area (Å²) in [6.45, 7) is 9.12. The number of nitrogens with one attached hydrogen (secondary N) is 1. The smallest absolute Gasteiger partial charge is 0.224 e. The molecule has 0 fully saturated rings. The molecule has 0 aliphatic heterocycles. The van der Waals surface area contributed by atoms with Crippen molar-refractivity contribution in [2.45, 2.75) is 46.5 Å². The van der Waals surface area contributed by atoms with Gasteiger partial charge in [0.05, 0.1) is 0 Å². The number of unbranched alkanes of at least 4 members (excludes halogenated alkanes) is 3. The fraction of sp³-hybridized carbons (Fsp3) is 0.923. The number of hydrogen-bond donors (Lipinski definition) is 1. The molecule has 0 radical (unpaired) electrons. The van der Waals surface area contributed by atoms with E-state index in [-0.39, 0.29) is 11.8 Å². The molecule has 96 valence electrons. The summed E-state index contributed by atoms with van der Waals surface area (Å²) in [7, 11) is 1.90. The average molecular weight is 228 g/mol. The second-order valence-corrected chi connectivity index (χ2v) is 4.68. The van der Waals surface area contributed by atoms with Gasteiger partial charge in [-0.15, -0.1) is 0 Å². The summed E-state index contributed by atoms with van der Waals surface area (Å²) in [6, 6.07) is 0. The summed E-state index contributed by atoms with van der Waals surface area (Å²) >= 11 is 0. The highest BCUT2D eigenvalue weighted by Crippen LogP contribution is 2.03. The highest BCUT2D eigenvalue weighted by molar-refractivity contribution is 5.77. The van der Waals surface area contributed by atoms with Crippen molar-refractivity contribution in [2.24, 2.45) is 5.92 Å². The van der Waals surface area contributed by atoms with Crippen molar-refractivity contribution in [3.8, 4) is 0 Å². The Labute approximate surface area is 101 Å². The van der Waals surface area contributed by atoms with Crippen molar-refractivity contribution >= 4 is 5.91 Å². The first kappa shape index (κ1) is 15.4. The van der Waals surface area contributed by atoms with Crippen LogP contribution < -0.4 is 5.32 Å². The lowest BCUT2D eigenvalue weighted by Gasteiger charge is -2.19. The Balaban J connectivity index is 3.34. The zero-order chi connectivity index (χ0) is 12.4. The second kappa shape index (κ2) is 9.64. The second-order valence-electron chi connectivity index (χ2n) is 4.68. The first-order chi connectivity index (χ1) is 7.59. The highest BCUT2D eigenvalue weighted by atomic mass is 16.2. The number of carbonyl (C=O) groups is 1. The number of nitrogens with zero attached hydrogens (tertiary/aromatic N) is 1. The van der Waals surface area contributed by atoms with E-state index in [0.717, 1.165) is 26.1 Å². The van der Waals surface area contributed by atoms with E-state index >= 15 is 0 Å². The molecule has 16 heavy (non-hydrogen) atoms. The van der Waals surface area contributed by atoms with Crippen molar-refractivity contribution in [2.75, 3.05) is 26.7 Å². The summed E-state index contributed by atoms with van der Waals surface area (Å²) < 4.78 is 0. The maximum Gasteiger partial charge on any atom is 0.224 e. The van der Waals surface area contributed by atoms with Crippen LogP contribution in [0.4, 0.5) is 0 Å². The summed E-state index contributed by atoms with van der Waals surface area (Å²) in [5.74, 6) is 0.381. The van der Waals surface area contributed by atoms with Crippen LogP contribution in [0.15, 0.2) is 0 Å². The lowest BCUT2D eigenvalue weighted by molar-refractivity contribution is -0.133. The number of hydrogen-bond acceptors (Lipinski definition) is 2. The number of rotatable bonds is 9. The van der Waals surface area contributed by atoms with E-state index in [0.29, 0.717) is 0 Å². The van der Waals surface area contributed by atoms with Gasteiger partial charge in [0.1, 0.15) is 0 Å². The first-order valence-corrected chi connectivity index (χ1v) is 6.55. The molecule has 0 atom stereocenters. The van der Waals surface area contributed by atoms with Gasteiger partial charge >= 0.3 is 0 Å². The van der Waals surface area contributed by atoms with Crippen LogP contribution in [0.3, 0.4) is 0 Å². The fourth-order valence-electron chi connectivity index (χ4n) is 1.68. The average Bonchev–Trinajstić information content (AvgIpc) is 2.26. The molecule has 0 bridgehead atoms. The molecule has 0 saturated heterocycles. The van der Waals surface area contributed by atoms with Gasteiger partial charge in [-0.2, -0.15) is 0 Å². The molecule has 0 aliphatic carbocycles. The molecule has 0 aliphatic rings. The van der Waals surface area contributed by atoms with Crippen LogP contribution >= 0.6 is 0 Å². The van der Waals surface area contributed by atoms with Gasteiger partial charge in [-0.25, -0.2) is 0 Å². The summed E-state index contributed by atoms with van der Waals surface area (Å²) in [5.41, 5.74) is 0. The Kier molecular flexibility index (Phi) is 9.30. The van der Waals surface area contributed by atoms with Gasteiger partial charge in [-0.1, -0.05) is 33.6 Å². The third-order valence-electron chi connectivity index (χ3n) is 2.72. The zero-order valence-corrected chi connectivity index (χ0v) is 11.4. The fourth-order valence-corrected chi connectivity index (χ4v) is 1.68. The monoisotopic (exact) mass is 228 g/mol. The Morgan fingerprint density at radius 3 is 2.38 bits per heavy atom. The van der Waals surface area contributed by atoms with Gasteiger partial charge in [0, 0.05) is 19.5 Å². The molecule has 0 saturated carbocycles. The van der Waals surface area contributed by atoms with E-state index in [1.165, 1.54) is 19.3 Å². The molecule has 3 heteroatoms. The molecule has 1 N–H and O–H groups in total. The predicted octanol–water partition coefficient (Wildman–Crippen LogP) is 2.27. The minimum absolute atomic E-state index is 0.124. The molecule has 0 rings (SSSR count).